The lowest BCUT2D eigenvalue weighted by Crippen LogP contribution is -2.40. The second-order valence-electron chi connectivity index (χ2n) is 6.37. The molecule has 1 aromatic carbocycles. The molecule has 0 heterocycles. The van der Waals surface area contributed by atoms with Gasteiger partial charge in [0.15, 0.2) is 0 Å². The fourth-order valence-electron chi connectivity index (χ4n) is 2.07. The molecule has 7 heteroatoms. The van der Waals surface area contributed by atoms with Crippen LogP contribution >= 0.6 is 0 Å². The Morgan fingerprint density at radius 2 is 2.00 bits per heavy atom. The van der Waals surface area contributed by atoms with Crippen molar-refractivity contribution in [2.24, 2.45) is 5.73 Å². The van der Waals surface area contributed by atoms with Crippen molar-refractivity contribution in [2.75, 3.05) is 13.7 Å². The highest BCUT2D eigenvalue weighted by molar-refractivity contribution is 5.95. The third-order valence-electron chi connectivity index (χ3n) is 3.16. The van der Waals surface area contributed by atoms with E-state index < -0.39 is 23.5 Å². The van der Waals surface area contributed by atoms with Crippen LogP contribution in [0.4, 0.5) is 0 Å². The first-order chi connectivity index (χ1) is 11.2. The lowest BCUT2D eigenvalue weighted by Gasteiger charge is -2.22. The van der Waals surface area contributed by atoms with Crippen LogP contribution in [0.3, 0.4) is 0 Å². The summed E-state index contributed by atoms with van der Waals surface area (Å²) >= 11 is 0. The van der Waals surface area contributed by atoms with Crippen LogP contribution in [-0.2, 0) is 16.1 Å². The lowest BCUT2D eigenvalue weighted by molar-refractivity contribution is -0.155. The molecular weight excluding hydrogens is 312 g/mol. The van der Waals surface area contributed by atoms with Crippen LogP contribution in [0.25, 0.3) is 0 Å². The number of carbonyl (C=O) groups excluding carboxylic acids is 2. The zero-order chi connectivity index (χ0) is 18.3. The summed E-state index contributed by atoms with van der Waals surface area (Å²) in [6, 6.07) is 4.16. The van der Waals surface area contributed by atoms with Crippen molar-refractivity contribution in [3.05, 3.63) is 29.3 Å². The van der Waals surface area contributed by atoms with Crippen molar-refractivity contribution >= 4 is 11.9 Å². The van der Waals surface area contributed by atoms with Crippen molar-refractivity contribution in [1.82, 2.24) is 5.32 Å². The highest BCUT2D eigenvalue weighted by atomic mass is 16.6. The fourth-order valence-corrected chi connectivity index (χ4v) is 2.07. The summed E-state index contributed by atoms with van der Waals surface area (Å²) in [5.74, 6) is -0.393. The van der Waals surface area contributed by atoms with Crippen LogP contribution in [0.5, 0.6) is 5.75 Å². The molecule has 0 bridgehead atoms. The summed E-state index contributed by atoms with van der Waals surface area (Å²) in [6.45, 7) is 5.18. The number of esters is 1. The van der Waals surface area contributed by atoms with E-state index in [9.17, 15) is 14.7 Å². The molecule has 0 fully saturated rings. The van der Waals surface area contributed by atoms with Gasteiger partial charge in [0.1, 0.15) is 11.4 Å². The van der Waals surface area contributed by atoms with E-state index in [2.05, 4.69) is 5.32 Å². The van der Waals surface area contributed by atoms with Gasteiger partial charge in [-0.15, -0.1) is 0 Å². The van der Waals surface area contributed by atoms with E-state index in [4.69, 9.17) is 15.2 Å². The van der Waals surface area contributed by atoms with Gasteiger partial charge in [-0.1, -0.05) is 6.07 Å². The van der Waals surface area contributed by atoms with Crippen LogP contribution in [0.15, 0.2) is 18.2 Å². The van der Waals surface area contributed by atoms with Gasteiger partial charge in [0.05, 0.1) is 26.2 Å². The summed E-state index contributed by atoms with van der Waals surface area (Å²) in [7, 11) is 1.50. The van der Waals surface area contributed by atoms with Gasteiger partial charge in [0.25, 0.3) is 5.91 Å². The number of rotatable bonds is 7. The molecule has 0 radical (unpaired) electrons. The van der Waals surface area contributed by atoms with Crippen LogP contribution in [0.1, 0.15) is 43.1 Å². The van der Waals surface area contributed by atoms with E-state index in [0.29, 0.717) is 17.9 Å². The number of nitrogens with one attached hydrogen (secondary N) is 1. The molecule has 134 valence electrons. The normalized spacial score (nSPS) is 12.4. The fraction of sp³-hybridized carbons (Fsp3) is 0.529. The Morgan fingerprint density at radius 3 is 2.50 bits per heavy atom. The van der Waals surface area contributed by atoms with Gasteiger partial charge < -0.3 is 25.6 Å². The summed E-state index contributed by atoms with van der Waals surface area (Å²) in [5, 5.41) is 12.0. The standard InChI is InChI=1S/C17H26N2O5/c1-17(2,3)24-15(21)8-13(10-20)19-16(22)11-5-6-12(9-18)14(7-11)23-4/h5-7,13,20H,8-10,18H2,1-4H3,(H,19,22)/t13-/m0/s1. The smallest absolute Gasteiger partial charge is 0.308 e. The van der Waals surface area contributed by atoms with Gasteiger partial charge in [-0.25, -0.2) is 0 Å². The first-order valence-electron chi connectivity index (χ1n) is 7.70. The average Bonchev–Trinajstić information content (AvgIpc) is 2.51. The van der Waals surface area contributed by atoms with Gasteiger partial charge in [0, 0.05) is 17.7 Å². The number of carbonyl (C=O) groups is 2. The van der Waals surface area contributed by atoms with E-state index in [0.717, 1.165) is 5.56 Å². The zero-order valence-corrected chi connectivity index (χ0v) is 14.6. The minimum Gasteiger partial charge on any atom is -0.496 e. The van der Waals surface area contributed by atoms with E-state index in [1.807, 2.05) is 0 Å². The molecule has 24 heavy (non-hydrogen) atoms. The van der Waals surface area contributed by atoms with Crippen molar-refractivity contribution < 1.29 is 24.2 Å². The third kappa shape index (κ3) is 6.17. The van der Waals surface area contributed by atoms with Crippen LogP contribution in [-0.4, -0.2) is 42.3 Å². The van der Waals surface area contributed by atoms with Gasteiger partial charge in [-0.2, -0.15) is 0 Å². The maximum Gasteiger partial charge on any atom is 0.308 e. The van der Waals surface area contributed by atoms with Gasteiger partial charge in [-0.3, -0.25) is 9.59 Å². The Labute approximate surface area is 142 Å². The number of benzene rings is 1. The van der Waals surface area contributed by atoms with Gasteiger partial charge in [0.2, 0.25) is 0 Å². The monoisotopic (exact) mass is 338 g/mol. The Bertz CT molecular complexity index is 581. The largest absolute Gasteiger partial charge is 0.496 e. The molecule has 0 unspecified atom stereocenters. The minimum absolute atomic E-state index is 0.114. The quantitative estimate of drug-likeness (QED) is 0.639. The minimum atomic E-state index is -0.729. The molecule has 1 atom stereocenters. The van der Waals surface area contributed by atoms with Crippen molar-refractivity contribution in [3.8, 4) is 5.75 Å². The van der Waals surface area contributed by atoms with E-state index in [-0.39, 0.29) is 13.0 Å². The second kappa shape index (κ2) is 8.65. The Kier molecular flexibility index (Phi) is 7.18. The van der Waals surface area contributed by atoms with E-state index in [1.54, 1.807) is 39.0 Å². The number of aliphatic hydroxyl groups excluding tert-OH is 1. The number of aliphatic hydroxyl groups is 1. The molecule has 1 aromatic rings. The van der Waals surface area contributed by atoms with Crippen molar-refractivity contribution in [3.63, 3.8) is 0 Å². The molecule has 0 saturated heterocycles. The maximum absolute atomic E-state index is 12.3. The first-order valence-corrected chi connectivity index (χ1v) is 7.70. The molecule has 0 aromatic heterocycles. The van der Waals surface area contributed by atoms with Gasteiger partial charge in [-0.05, 0) is 32.9 Å². The number of amides is 1. The molecular formula is C17H26N2O5. The molecule has 4 N–H and O–H groups in total. The number of nitrogens with two attached hydrogens (primary N) is 1. The number of hydrogen-bond donors (Lipinski definition) is 3. The molecule has 0 aliphatic heterocycles. The molecule has 1 rings (SSSR count). The first kappa shape index (κ1) is 19.9. The summed E-state index contributed by atoms with van der Waals surface area (Å²) in [6.07, 6.45) is -0.114. The van der Waals surface area contributed by atoms with Gasteiger partial charge >= 0.3 is 5.97 Å². The maximum atomic E-state index is 12.3. The number of methoxy groups -OCH3 is 1. The molecule has 7 nitrogen and oxygen atoms in total. The number of ether oxygens (including phenoxy) is 2. The highest BCUT2D eigenvalue weighted by Crippen LogP contribution is 2.20. The van der Waals surface area contributed by atoms with Crippen LogP contribution < -0.4 is 15.8 Å². The topological polar surface area (TPSA) is 111 Å². The van der Waals surface area contributed by atoms with E-state index in [1.165, 1.54) is 7.11 Å². The molecule has 0 aliphatic rings. The summed E-state index contributed by atoms with van der Waals surface area (Å²) in [5.41, 5.74) is 6.11. The zero-order valence-electron chi connectivity index (χ0n) is 14.6. The van der Waals surface area contributed by atoms with Crippen LogP contribution in [0, 0.1) is 0 Å². The predicted octanol–water partition coefficient (Wildman–Crippen LogP) is 0.976. The molecule has 0 aliphatic carbocycles. The summed E-state index contributed by atoms with van der Waals surface area (Å²) in [4.78, 5) is 24.1. The van der Waals surface area contributed by atoms with Crippen molar-refractivity contribution in [1.29, 1.82) is 0 Å². The SMILES string of the molecule is COc1cc(C(=O)N[C@H](CO)CC(=O)OC(C)(C)C)ccc1CN. The Morgan fingerprint density at radius 1 is 1.33 bits per heavy atom. The molecule has 0 spiro atoms. The predicted molar refractivity (Wildman–Crippen MR) is 89.7 cm³/mol. The molecule has 1 amide bonds. The van der Waals surface area contributed by atoms with E-state index >= 15 is 0 Å². The van der Waals surface area contributed by atoms with Crippen molar-refractivity contribution in [2.45, 2.75) is 45.4 Å². The summed E-state index contributed by atoms with van der Waals surface area (Å²) < 4.78 is 10.4. The highest BCUT2D eigenvalue weighted by Gasteiger charge is 2.22. The Balaban J connectivity index is 2.75. The Hall–Kier alpha value is -2.12. The lowest BCUT2D eigenvalue weighted by atomic mass is 10.1. The third-order valence-corrected chi connectivity index (χ3v) is 3.16. The molecule has 0 saturated carbocycles. The van der Waals surface area contributed by atoms with Crippen LogP contribution in [0.2, 0.25) is 0 Å². The average molecular weight is 338 g/mol. The second-order valence-corrected chi connectivity index (χ2v) is 6.37. The number of hydrogen-bond acceptors (Lipinski definition) is 6.